The SMILES string of the molecule is COc1cc(C)c(C)cc1S(=O)(=O)NCC(=O)N1CCCc2ccccc21. The average molecular weight is 388 g/mol. The molecule has 0 unspecified atom stereocenters. The molecule has 0 spiro atoms. The smallest absolute Gasteiger partial charge is 0.244 e. The number of rotatable bonds is 5. The number of sulfonamides is 1. The number of ether oxygens (including phenoxy) is 1. The highest BCUT2D eigenvalue weighted by molar-refractivity contribution is 7.89. The van der Waals surface area contributed by atoms with Crippen molar-refractivity contribution in [3.05, 3.63) is 53.1 Å². The van der Waals surface area contributed by atoms with Gasteiger partial charge in [-0.3, -0.25) is 4.79 Å². The maximum atomic E-state index is 12.7. The van der Waals surface area contributed by atoms with Crippen LogP contribution < -0.4 is 14.4 Å². The Morgan fingerprint density at radius 3 is 2.63 bits per heavy atom. The molecule has 0 aliphatic carbocycles. The summed E-state index contributed by atoms with van der Waals surface area (Å²) in [5.41, 5.74) is 3.74. The van der Waals surface area contributed by atoms with Crippen molar-refractivity contribution in [3.8, 4) is 5.75 Å². The van der Waals surface area contributed by atoms with Crippen molar-refractivity contribution in [2.45, 2.75) is 31.6 Å². The molecule has 2 aromatic rings. The zero-order chi connectivity index (χ0) is 19.6. The molecule has 7 heteroatoms. The van der Waals surface area contributed by atoms with E-state index in [1.165, 1.54) is 7.11 Å². The molecule has 1 N–H and O–H groups in total. The van der Waals surface area contributed by atoms with Gasteiger partial charge >= 0.3 is 0 Å². The van der Waals surface area contributed by atoms with Crippen molar-refractivity contribution in [2.24, 2.45) is 0 Å². The third-order valence-corrected chi connectivity index (χ3v) is 6.32. The lowest BCUT2D eigenvalue weighted by Gasteiger charge is -2.29. The van der Waals surface area contributed by atoms with Gasteiger partial charge in [-0.2, -0.15) is 0 Å². The van der Waals surface area contributed by atoms with E-state index in [4.69, 9.17) is 4.74 Å². The molecule has 2 aromatic carbocycles. The normalized spacial score (nSPS) is 14.0. The molecule has 6 nitrogen and oxygen atoms in total. The number of nitrogens with zero attached hydrogens (tertiary/aromatic N) is 1. The number of benzene rings is 2. The number of methoxy groups -OCH3 is 1. The monoisotopic (exact) mass is 388 g/mol. The molecule has 0 atom stereocenters. The Bertz CT molecular complexity index is 970. The first-order valence-corrected chi connectivity index (χ1v) is 10.3. The van der Waals surface area contributed by atoms with Gasteiger partial charge in [0, 0.05) is 12.2 Å². The maximum absolute atomic E-state index is 12.7. The number of anilines is 1. The first-order chi connectivity index (χ1) is 12.8. The van der Waals surface area contributed by atoms with Crippen LogP contribution in [-0.4, -0.2) is 34.5 Å². The summed E-state index contributed by atoms with van der Waals surface area (Å²) in [6.07, 6.45) is 1.78. The lowest BCUT2D eigenvalue weighted by Crippen LogP contribution is -2.42. The van der Waals surface area contributed by atoms with Gasteiger partial charge in [-0.1, -0.05) is 18.2 Å². The predicted molar refractivity (Wildman–Crippen MR) is 105 cm³/mol. The van der Waals surface area contributed by atoms with E-state index in [-0.39, 0.29) is 23.1 Å². The topological polar surface area (TPSA) is 75.7 Å². The summed E-state index contributed by atoms with van der Waals surface area (Å²) in [6, 6.07) is 11.0. The summed E-state index contributed by atoms with van der Waals surface area (Å²) in [4.78, 5) is 14.4. The Morgan fingerprint density at radius 2 is 1.89 bits per heavy atom. The molecule has 0 bridgehead atoms. The first-order valence-electron chi connectivity index (χ1n) is 8.86. The Labute approximate surface area is 160 Å². The minimum absolute atomic E-state index is 0.0416. The summed E-state index contributed by atoms with van der Waals surface area (Å²) in [5.74, 6) is -0.00473. The fourth-order valence-corrected chi connectivity index (χ4v) is 4.46. The van der Waals surface area contributed by atoms with Gasteiger partial charge in [0.1, 0.15) is 10.6 Å². The van der Waals surface area contributed by atoms with Crippen LogP contribution in [0.5, 0.6) is 5.75 Å². The summed E-state index contributed by atoms with van der Waals surface area (Å²) in [7, 11) is -2.45. The largest absolute Gasteiger partial charge is 0.495 e. The number of amides is 1. The fourth-order valence-electron chi connectivity index (χ4n) is 3.26. The molecule has 0 aromatic heterocycles. The van der Waals surface area contributed by atoms with Gasteiger partial charge in [0.25, 0.3) is 0 Å². The molecule has 0 radical (unpaired) electrons. The lowest BCUT2D eigenvalue weighted by molar-refractivity contribution is -0.117. The minimum atomic E-state index is -3.88. The van der Waals surface area contributed by atoms with Gasteiger partial charge in [0.05, 0.1) is 13.7 Å². The quantitative estimate of drug-likeness (QED) is 0.854. The van der Waals surface area contributed by atoms with E-state index in [0.717, 1.165) is 35.2 Å². The van der Waals surface area contributed by atoms with Crippen molar-refractivity contribution in [3.63, 3.8) is 0 Å². The van der Waals surface area contributed by atoms with E-state index in [2.05, 4.69) is 4.72 Å². The highest BCUT2D eigenvalue weighted by Crippen LogP contribution is 2.28. The molecule has 1 amide bonds. The molecule has 1 aliphatic heterocycles. The molecular weight excluding hydrogens is 364 g/mol. The molecule has 0 saturated heterocycles. The number of hydrogen-bond donors (Lipinski definition) is 1. The first kappa shape index (κ1) is 19.4. The second kappa shape index (κ2) is 7.70. The van der Waals surface area contributed by atoms with E-state index >= 15 is 0 Å². The molecule has 0 saturated carbocycles. The summed E-state index contributed by atoms with van der Waals surface area (Å²) in [6.45, 7) is 4.01. The van der Waals surface area contributed by atoms with Crippen LogP contribution in [0, 0.1) is 13.8 Å². The molecule has 1 aliphatic rings. The summed E-state index contributed by atoms with van der Waals surface area (Å²) >= 11 is 0. The Kier molecular flexibility index (Phi) is 5.53. The predicted octanol–water partition coefficient (Wildman–Crippen LogP) is 2.57. The Balaban J connectivity index is 1.79. The van der Waals surface area contributed by atoms with E-state index in [1.54, 1.807) is 17.0 Å². The van der Waals surface area contributed by atoms with E-state index in [0.29, 0.717) is 6.54 Å². The second-order valence-electron chi connectivity index (χ2n) is 6.69. The number of aryl methyl sites for hydroxylation is 3. The zero-order valence-electron chi connectivity index (χ0n) is 15.8. The molecule has 27 heavy (non-hydrogen) atoms. The zero-order valence-corrected chi connectivity index (χ0v) is 16.6. The maximum Gasteiger partial charge on any atom is 0.244 e. The summed E-state index contributed by atoms with van der Waals surface area (Å²) in [5, 5.41) is 0. The minimum Gasteiger partial charge on any atom is -0.495 e. The molecule has 1 heterocycles. The van der Waals surface area contributed by atoms with Crippen LogP contribution in [0.3, 0.4) is 0 Å². The number of nitrogens with one attached hydrogen (secondary N) is 1. The highest BCUT2D eigenvalue weighted by atomic mass is 32.2. The standard InChI is InChI=1S/C20H24N2O4S/c1-14-11-18(26-3)19(12-15(14)2)27(24,25)21-13-20(23)22-10-6-8-16-7-4-5-9-17(16)22/h4-5,7,9,11-12,21H,6,8,10,13H2,1-3H3. The number of fused-ring (bicyclic) bond motifs is 1. The highest BCUT2D eigenvalue weighted by Gasteiger charge is 2.25. The third kappa shape index (κ3) is 3.99. The Morgan fingerprint density at radius 1 is 1.19 bits per heavy atom. The van der Waals surface area contributed by atoms with Gasteiger partial charge in [-0.05, 0) is 61.6 Å². The van der Waals surface area contributed by atoms with Crippen molar-refractivity contribution < 1.29 is 17.9 Å². The van der Waals surface area contributed by atoms with Crippen LogP contribution in [0.4, 0.5) is 5.69 Å². The van der Waals surface area contributed by atoms with Gasteiger partial charge in [-0.25, -0.2) is 13.1 Å². The molecule has 0 fully saturated rings. The summed E-state index contributed by atoms with van der Waals surface area (Å²) < 4.78 is 33.1. The number of para-hydroxylation sites is 1. The van der Waals surface area contributed by atoms with E-state index in [9.17, 15) is 13.2 Å². The van der Waals surface area contributed by atoms with Crippen molar-refractivity contribution in [2.75, 3.05) is 25.1 Å². The van der Waals surface area contributed by atoms with Crippen LogP contribution in [0.2, 0.25) is 0 Å². The van der Waals surface area contributed by atoms with Gasteiger partial charge in [0.2, 0.25) is 15.9 Å². The van der Waals surface area contributed by atoms with E-state index in [1.807, 2.05) is 38.1 Å². The Hall–Kier alpha value is -2.38. The average Bonchev–Trinajstić information content (AvgIpc) is 2.67. The van der Waals surface area contributed by atoms with Crippen LogP contribution in [0.15, 0.2) is 41.3 Å². The van der Waals surface area contributed by atoms with Crippen molar-refractivity contribution in [1.29, 1.82) is 0 Å². The number of carbonyl (C=O) groups is 1. The van der Waals surface area contributed by atoms with Crippen LogP contribution >= 0.6 is 0 Å². The van der Waals surface area contributed by atoms with Crippen molar-refractivity contribution in [1.82, 2.24) is 4.72 Å². The van der Waals surface area contributed by atoms with Crippen LogP contribution in [0.25, 0.3) is 0 Å². The van der Waals surface area contributed by atoms with Crippen LogP contribution in [-0.2, 0) is 21.2 Å². The fraction of sp³-hybridized carbons (Fsp3) is 0.350. The van der Waals surface area contributed by atoms with E-state index < -0.39 is 10.0 Å². The van der Waals surface area contributed by atoms with Crippen LogP contribution in [0.1, 0.15) is 23.1 Å². The molecule has 144 valence electrons. The van der Waals surface area contributed by atoms with Gasteiger partial charge in [0.15, 0.2) is 0 Å². The van der Waals surface area contributed by atoms with Gasteiger partial charge < -0.3 is 9.64 Å². The molecular formula is C20H24N2O4S. The second-order valence-corrected chi connectivity index (χ2v) is 8.42. The third-order valence-electron chi connectivity index (χ3n) is 4.89. The number of carbonyl (C=O) groups excluding carboxylic acids is 1. The van der Waals surface area contributed by atoms with Gasteiger partial charge in [-0.15, -0.1) is 0 Å². The van der Waals surface area contributed by atoms with Crippen molar-refractivity contribution >= 4 is 21.6 Å². The molecule has 3 rings (SSSR count). The lowest BCUT2D eigenvalue weighted by atomic mass is 10.0. The number of hydrogen-bond acceptors (Lipinski definition) is 4.